The normalized spacial score (nSPS) is 15.8. The first-order valence-corrected chi connectivity index (χ1v) is 11.5. The van der Waals surface area contributed by atoms with Crippen LogP contribution in [0.1, 0.15) is 13.8 Å². The van der Waals surface area contributed by atoms with Crippen LogP contribution in [0.3, 0.4) is 0 Å². The molecule has 2 aromatic carbocycles. The van der Waals surface area contributed by atoms with Crippen LogP contribution in [0.5, 0.6) is 11.5 Å². The molecule has 10 heteroatoms. The van der Waals surface area contributed by atoms with Crippen molar-refractivity contribution in [3.05, 3.63) is 56.5 Å². The van der Waals surface area contributed by atoms with Crippen molar-refractivity contribution >= 4 is 58.2 Å². The molecule has 0 aliphatic carbocycles. The zero-order valence-corrected chi connectivity index (χ0v) is 20.5. The van der Waals surface area contributed by atoms with Crippen LogP contribution in [0.4, 0.5) is 0 Å². The fraction of sp³-hybridized carbons (Fsp3) is 0.364. The Kier molecular flexibility index (Phi) is 8.39. The van der Waals surface area contributed by atoms with Crippen LogP contribution < -0.4 is 9.47 Å². The molecular weight excluding hydrogens is 498 g/mol. The molecule has 0 spiro atoms. The van der Waals surface area contributed by atoms with Crippen LogP contribution in [0.25, 0.3) is 0 Å². The Hall–Kier alpha value is -1.86. The Morgan fingerprint density at radius 2 is 1.06 bits per heavy atom. The third kappa shape index (κ3) is 6.13. The Bertz CT molecular complexity index is 916. The molecule has 2 aromatic rings. The van der Waals surface area contributed by atoms with Gasteiger partial charge in [-0.25, -0.2) is 0 Å². The average Bonchev–Trinajstić information content (AvgIpc) is 2.76. The summed E-state index contributed by atoms with van der Waals surface area (Å²) in [6, 6.07) is 9.65. The van der Waals surface area contributed by atoms with E-state index >= 15 is 0 Å². The number of ether oxygens (including phenoxy) is 2. The quantitative estimate of drug-likeness (QED) is 0.526. The van der Waals surface area contributed by atoms with Crippen molar-refractivity contribution in [2.75, 3.05) is 26.2 Å². The van der Waals surface area contributed by atoms with Crippen LogP contribution in [0.2, 0.25) is 20.1 Å². The third-order valence-corrected chi connectivity index (χ3v) is 6.05. The highest BCUT2D eigenvalue weighted by Gasteiger charge is 2.30. The first-order valence-electron chi connectivity index (χ1n) is 9.96. The summed E-state index contributed by atoms with van der Waals surface area (Å²) < 4.78 is 11.4. The van der Waals surface area contributed by atoms with Gasteiger partial charge in [-0.3, -0.25) is 9.59 Å². The van der Waals surface area contributed by atoms with Gasteiger partial charge in [0.1, 0.15) is 11.5 Å². The zero-order chi connectivity index (χ0) is 23.4. The van der Waals surface area contributed by atoms with Crippen molar-refractivity contribution in [1.82, 2.24) is 9.80 Å². The summed E-state index contributed by atoms with van der Waals surface area (Å²) in [5.41, 5.74) is 0. The van der Waals surface area contributed by atoms with Crippen molar-refractivity contribution in [2.24, 2.45) is 0 Å². The van der Waals surface area contributed by atoms with E-state index in [0.29, 0.717) is 57.8 Å². The highest BCUT2D eigenvalue weighted by atomic mass is 35.5. The summed E-state index contributed by atoms with van der Waals surface area (Å²) >= 11 is 24.0. The molecule has 1 saturated heterocycles. The fourth-order valence-corrected chi connectivity index (χ4v) is 4.19. The lowest BCUT2D eigenvalue weighted by molar-refractivity contribution is -0.146. The van der Waals surface area contributed by atoms with Gasteiger partial charge in [-0.15, -0.1) is 0 Å². The molecule has 1 aliphatic heterocycles. The van der Waals surface area contributed by atoms with Gasteiger partial charge in [0.05, 0.1) is 10.0 Å². The van der Waals surface area contributed by atoms with Crippen molar-refractivity contribution < 1.29 is 19.1 Å². The smallest absolute Gasteiger partial charge is 0.263 e. The second-order valence-electron chi connectivity index (χ2n) is 7.32. The number of hydrogen-bond acceptors (Lipinski definition) is 4. The maximum atomic E-state index is 12.8. The summed E-state index contributed by atoms with van der Waals surface area (Å²) in [7, 11) is 0. The van der Waals surface area contributed by atoms with Gasteiger partial charge in [-0.2, -0.15) is 0 Å². The predicted octanol–water partition coefficient (Wildman–Crippen LogP) is 5.21. The van der Waals surface area contributed by atoms with E-state index in [2.05, 4.69) is 0 Å². The van der Waals surface area contributed by atoms with E-state index in [0.717, 1.165) is 0 Å². The topological polar surface area (TPSA) is 59.1 Å². The molecule has 2 unspecified atom stereocenters. The second kappa shape index (κ2) is 10.8. The zero-order valence-electron chi connectivity index (χ0n) is 17.5. The molecule has 6 nitrogen and oxygen atoms in total. The van der Waals surface area contributed by atoms with Gasteiger partial charge >= 0.3 is 0 Å². The summed E-state index contributed by atoms with van der Waals surface area (Å²) in [5, 5.41) is 1.64. The van der Waals surface area contributed by atoms with E-state index in [1.54, 1.807) is 60.0 Å². The maximum Gasteiger partial charge on any atom is 0.263 e. The van der Waals surface area contributed by atoms with Gasteiger partial charge in [-0.05, 0) is 50.2 Å². The molecule has 3 rings (SSSR count). The summed E-state index contributed by atoms with van der Waals surface area (Å²) in [6.45, 7) is 4.89. The minimum atomic E-state index is -0.731. The number of benzene rings is 2. The minimum absolute atomic E-state index is 0.180. The number of carbonyl (C=O) groups excluding carboxylic acids is 2. The van der Waals surface area contributed by atoms with Gasteiger partial charge in [-0.1, -0.05) is 46.4 Å². The van der Waals surface area contributed by atoms with Crippen LogP contribution in [0.15, 0.2) is 36.4 Å². The molecule has 2 amide bonds. The predicted molar refractivity (Wildman–Crippen MR) is 126 cm³/mol. The first-order chi connectivity index (χ1) is 15.2. The molecule has 1 fully saturated rings. The lowest BCUT2D eigenvalue weighted by atomic mass is 10.2. The second-order valence-corrected chi connectivity index (χ2v) is 9.01. The highest BCUT2D eigenvalue weighted by Crippen LogP contribution is 2.29. The summed E-state index contributed by atoms with van der Waals surface area (Å²) in [5.74, 6) is 0.413. The monoisotopic (exact) mass is 518 g/mol. The molecule has 0 bridgehead atoms. The van der Waals surface area contributed by atoms with Crippen molar-refractivity contribution in [2.45, 2.75) is 26.1 Å². The number of piperazine rings is 1. The lowest BCUT2D eigenvalue weighted by Gasteiger charge is -2.36. The number of hydrogen-bond donors (Lipinski definition) is 0. The Morgan fingerprint density at radius 3 is 1.38 bits per heavy atom. The Balaban J connectivity index is 1.52. The number of rotatable bonds is 6. The van der Waals surface area contributed by atoms with Gasteiger partial charge < -0.3 is 19.3 Å². The van der Waals surface area contributed by atoms with E-state index in [-0.39, 0.29) is 11.8 Å². The molecule has 0 aromatic heterocycles. The first kappa shape index (κ1) is 24.8. The van der Waals surface area contributed by atoms with E-state index in [4.69, 9.17) is 55.9 Å². The molecule has 0 radical (unpaired) electrons. The highest BCUT2D eigenvalue weighted by molar-refractivity contribution is 6.36. The van der Waals surface area contributed by atoms with Crippen LogP contribution >= 0.6 is 46.4 Å². The van der Waals surface area contributed by atoms with Crippen LogP contribution in [0, 0.1) is 0 Å². The van der Waals surface area contributed by atoms with Crippen molar-refractivity contribution in [1.29, 1.82) is 0 Å². The molecule has 32 heavy (non-hydrogen) atoms. The van der Waals surface area contributed by atoms with Gasteiger partial charge in [0.2, 0.25) is 0 Å². The Morgan fingerprint density at radius 1 is 0.719 bits per heavy atom. The number of carbonyl (C=O) groups is 2. The Labute approximate surface area is 206 Å². The van der Waals surface area contributed by atoms with Gasteiger partial charge in [0.15, 0.2) is 12.2 Å². The lowest BCUT2D eigenvalue weighted by Crippen LogP contribution is -2.55. The molecule has 2 atom stereocenters. The SMILES string of the molecule is CC(Oc1ccc(Cl)cc1Cl)C(=O)N1CCN(C(=O)C(C)Oc2ccc(Cl)cc2Cl)CC1. The van der Waals surface area contributed by atoms with E-state index < -0.39 is 12.2 Å². The van der Waals surface area contributed by atoms with E-state index in [9.17, 15) is 9.59 Å². The molecule has 172 valence electrons. The summed E-state index contributed by atoms with van der Waals surface area (Å²) in [6.07, 6.45) is -1.46. The van der Waals surface area contributed by atoms with Crippen LogP contribution in [-0.2, 0) is 9.59 Å². The van der Waals surface area contributed by atoms with Crippen molar-refractivity contribution in [3.63, 3.8) is 0 Å². The standard InChI is InChI=1S/C22H22Cl4N2O4/c1-13(31-19-5-3-15(23)11-17(19)25)21(29)27-7-9-28(10-8-27)22(30)14(2)32-20-6-4-16(24)12-18(20)26/h3-6,11-14H,7-10H2,1-2H3. The fourth-order valence-electron chi connectivity index (χ4n) is 3.28. The van der Waals surface area contributed by atoms with E-state index in [1.807, 2.05) is 0 Å². The molecule has 0 N–H and O–H groups in total. The molecule has 1 aliphatic rings. The van der Waals surface area contributed by atoms with Crippen LogP contribution in [-0.4, -0.2) is 60.0 Å². The number of nitrogens with zero attached hydrogens (tertiary/aromatic N) is 2. The van der Waals surface area contributed by atoms with Gasteiger partial charge in [0, 0.05) is 36.2 Å². The molecular formula is C22H22Cl4N2O4. The third-order valence-electron chi connectivity index (χ3n) is 4.99. The number of amides is 2. The molecule has 0 saturated carbocycles. The van der Waals surface area contributed by atoms with Crippen molar-refractivity contribution in [3.8, 4) is 11.5 Å². The molecule has 1 heterocycles. The van der Waals surface area contributed by atoms with E-state index in [1.165, 1.54) is 0 Å². The number of halogens is 4. The summed E-state index contributed by atoms with van der Waals surface area (Å²) in [4.78, 5) is 28.9. The largest absolute Gasteiger partial charge is 0.479 e. The van der Waals surface area contributed by atoms with Gasteiger partial charge in [0.25, 0.3) is 11.8 Å². The maximum absolute atomic E-state index is 12.8. The average molecular weight is 520 g/mol. The minimum Gasteiger partial charge on any atom is -0.479 e.